The summed E-state index contributed by atoms with van der Waals surface area (Å²) in [5.41, 5.74) is -0.0406. The van der Waals surface area contributed by atoms with E-state index in [-0.39, 0.29) is 5.91 Å². The summed E-state index contributed by atoms with van der Waals surface area (Å²) in [6, 6.07) is 11.8. The van der Waals surface area contributed by atoms with Crippen molar-refractivity contribution in [2.75, 3.05) is 18.5 Å². The Morgan fingerprint density at radius 2 is 1.73 bits per heavy atom. The van der Waals surface area contributed by atoms with Crippen LogP contribution in [-0.4, -0.2) is 24.7 Å². The molecule has 1 amide bonds. The molecule has 2 rings (SSSR count). The summed E-state index contributed by atoms with van der Waals surface area (Å²) in [7, 11) is 0. The Balaban J connectivity index is 2.27. The first-order chi connectivity index (χ1) is 12.6. The molecule has 2 aromatic rings. The molecule has 0 aromatic heterocycles. The molecule has 1 unspecified atom stereocenters. The van der Waals surface area contributed by atoms with Gasteiger partial charge in [-0.15, -0.1) is 0 Å². The van der Waals surface area contributed by atoms with Gasteiger partial charge >= 0.3 is 0 Å². The second-order valence-corrected chi connectivity index (χ2v) is 6.75. The van der Waals surface area contributed by atoms with Crippen LogP contribution in [0.3, 0.4) is 0 Å². The Morgan fingerprint density at radius 3 is 2.38 bits per heavy atom. The minimum absolute atomic E-state index is 0.113. The Hall–Kier alpha value is -2.07. The van der Waals surface area contributed by atoms with Crippen molar-refractivity contribution >= 4 is 22.4 Å². The van der Waals surface area contributed by atoms with Gasteiger partial charge in [0, 0.05) is 23.1 Å². The molecule has 0 heterocycles. The first kappa shape index (κ1) is 20.2. The van der Waals surface area contributed by atoms with E-state index >= 15 is 0 Å². The number of benzene rings is 2. The first-order valence-corrected chi connectivity index (χ1v) is 9.65. The van der Waals surface area contributed by atoms with Crippen LogP contribution in [0.15, 0.2) is 36.4 Å². The lowest BCUT2D eigenvalue weighted by Gasteiger charge is -2.27. The molecule has 0 fully saturated rings. The number of carbonyl (C=O) groups excluding carboxylic acids is 1. The van der Waals surface area contributed by atoms with Gasteiger partial charge in [0.25, 0.3) is 5.91 Å². The lowest BCUT2D eigenvalue weighted by molar-refractivity contribution is -0.139. The lowest BCUT2D eigenvalue weighted by atomic mass is 10.0. The Labute approximate surface area is 156 Å². The smallest absolute Gasteiger partial charge is 0.256 e. The highest BCUT2D eigenvalue weighted by Gasteiger charge is 2.32. The number of hydrogen-bond donors (Lipinski definition) is 1. The van der Waals surface area contributed by atoms with Gasteiger partial charge in [-0.2, -0.15) is 0 Å². The predicted molar refractivity (Wildman–Crippen MR) is 108 cm³/mol. The summed E-state index contributed by atoms with van der Waals surface area (Å²) in [6.07, 6.45) is 3.63. The molecule has 2 aromatic carbocycles. The number of anilines is 1. The third kappa shape index (κ3) is 4.76. The zero-order chi connectivity index (χ0) is 19.0. The second-order valence-electron chi connectivity index (χ2n) is 6.75. The molecule has 1 N–H and O–H groups in total. The SMILES string of the molecule is CCCCOc1ccc(NC(=O)C(C)(CC)OCCC)c2ccccc12. The van der Waals surface area contributed by atoms with Gasteiger partial charge in [-0.1, -0.05) is 51.5 Å². The minimum Gasteiger partial charge on any atom is -0.493 e. The van der Waals surface area contributed by atoms with Crippen molar-refractivity contribution in [3.63, 3.8) is 0 Å². The number of carbonyl (C=O) groups is 1. The van der Waals surface area contributed by atoms with E-state index in [1.165, 1.54) is 0 Å². The predicted octanol–water partition coefficient (Wildman–Crippen LogP) is 5.55. The lowest BCUT2D eigenvalue weighted by Crippen LogP contribution is -2.42. The topological polar surface area (TPSA) is 47.6 Å². The van der Waals surface area contributed by atoms with Gasteiger partial charge in [-0.25, -0.2) is 0 Å². The fourth-order valence-corrected chi connectivity index (χ4v) is 2.74. The molecule has 4 nitrogen and oxygen atoms in total. The maximum absolute atomic E-state index is 12.8. The maximum atomic E-state index is 12.8. The first-order valence-electron chi connectivity index (χ1n) is 9.65. The molecule has 0 saturated heterocycles. The molecule has 26 heavy (non-hydrogen) atoms. The fourth-order valence-electron chi connectivity index (χ4n) is 2.74. The fraction of sp³-hybridized carbons (Fsp3) is 0.500. The zero-order valence-electron chi connectivity index (χ0n) is 16.4. The van der Waals surface area contributed by atoms with E-state index in [0.29, 0.717) is 19.6 Å². The van der Waals surface area contributed by atoms with E-state index in [9.17, 15) is 4.79 Å². The van der Waals surface area contributed by atoms with Gasteiger partial charge in [0.05, 0.1) is 6.61 Å². The zero-order valence-corrected chi connectivity index (χ0v) is 16.4. The number of unbranched alkanes of at least 4 members (excludes halogenated alkanes) is 1. The van der Waals surface area contributed by atoms with Crippen molar-refractivity contribution in [3.05, 3.63) is 36.4 Å². The number of amides is 1. The molecule has 1 atom stereocenters. The van der Waals surface area contributed by atoms with Crippen LogP contribution >= 0.6 is 0 Å². The van der Waals surface area contributed by atoms with Crippen molar-refractivity contribution < 1.29 is 14.3 Å². The van der Waals surface area contributed by atoms with Crippen LogP contribution < -0.4 is 10.1 Å². The standard InChI is InChI=1S/C22H31NO3/c1-5-8-16-25-20-14-13-19(17-11-9-10-12-18(17)20)23-21(24)22(4,7-3)26-15-6-2/h9-14H,5-8,15-16H2,1-4H3,(H,23,24). The molecule has 0 spiro atoms. The molecule has 0 aliphatic carbocycles. The third-order valence-electron chi connectivity index (χ3n) is 4.67. The average Bonchev–Trinajstić information content (AvgIpc) is 2.67. The summed E-state index contributed by atoms with van der Waals surface area (Å²) in [5.74, 6) is 0.741. The summed E-state index contributed by atoms with van der Waals surface area (Å²) < 4.78 is 11.8. The van der Waals surface area contributed by atoms with E-state index in [4.69, 9.17) is 9.47 Å². The molecule has 0 aliphatic rings. The quantitative estimate of drug-likeness (QED) is 0.567. The number of fused-ring (bicyclic) bond motifs is 1. The van der Waals surface area contributed by atoms with E-state index < -0.39 is 5.60 Å². The van der Waals surface area contributed by atoms with Crippen LogP contribution in [-0.2, 0) is 9.53 Å². The number of rotatable bonds is 10. The van der Waals surface area contributed by atoms with Gasteiger partial charge in [0.15, 0.2) is 0 Å². The molecular formula is C22H31NO3. The van der Waals surface area contributed by atoms with Crippen molar-refractivity contribution in [3.8, 4) is 5.75 Å². The highest BCUT2D eigenvalue weighted by atomic mass is 16.5. The number of nitrogens with one attached hydrogen (secondary N) is 1. The number of ether oxygens (including phenoxy) is 2. The minimum atomic E-state index is -0.826. The molecule has 0 bridgehead atoms. The highest BCUT2D eigenvalue weighted by Crippen LogP contribution is 2.32. The van der Waals surface area contributed by atoms with Crippen LogP contribution in [0.25, 0.3) is 10.8 Å². The van der Waals surface area contributed by atoms with Crippen molar-refractivity contribution in [2.24, 2.45) is 0 Å². The molecule has 0 aliphatic heterocycles. The van der Waals surface area contributed by atoms with Gasteiger partial charge < -0.3 is 14.8 Å². The van der Waals surface area contributed by atoms with Crippen LogP contribution in [0, 0.1) is 0 Å². The van der Waals surface area contributed by atoms with E-state index in [2.05, 4.69) is 12.2 Å². The Kier molecular flexibility index (Phi) is 7.46. The molecule has 142 valence electrons. The Morgan fingerprint density at radius 1 is 1.00 bits per heavy atom. The summed E-state index contributed by atoms with van der Waals surface area (Å²) in [4.78, 5) is 12.8. The summed E-state index contributed by atoms with van der Waals surface area (Å²) >= 11 is 0. The van der Waals surface area contributed by atoms with E-state index in [0.717, 1.165) is 41.5 Å². The van der Waals surface area contributed by atoms with Gasteiger partial charge in [-0.05, 0) is 38.3 Å². The highest BCUT2D eigenvalue weighted by molar-refractivity contribution is 6.06. The normalized spacial score (nSPS) is 13.4. The summed E-state index contributed by atoms with van der Waals surface area (Å²) in [6.45, 7) is 9.28. The summed E-state index contributed by atoms with van der Waals surface area (Å²) in [5, 5.41) is 5.04. The molecule has 0 radical (unpaired) electrons. The monoisotopic (exact) mass is 357 g/mol. The molecule has 0 saturated carbocycles. The van der Waals surface area contributed by atoms with Crippen molar-refractivity contribution in [2.45, 2.75) is 59.0 Å². The number of hydrogen-bond acceptors (Lipinski definition) is 3. The average molecular weight is 357 g/mol. The third-order valence-corrected chi connectivity index (χ3v) is 4.67. The Bertz CT molecular complexity index is 728. The van der Waals surface area contributed by atoms with Gasteiger partial charge in [0.2, 0.25) is 0 Å². The largest absolute Gasteiger partial charge is 0.493 e. The van der Waals surface area contributed by atoms with E-state index in [1.807, 2.05) is 57.2 Å². The van der Waals surface area contributed by atoms with Crippen LogP contribution in [0.2, 0.25) is 0 Å². The van der Waals surface area contributed by atoms with Crippen molar-refractivity contribution in [1.82, 2.24) is 0 Å². The second kappa shape index (κ2) is 9.58. The maximum Gasteiger partial charge on any atom is 0.256 e. The van der Waals surface area contributed by atoms with Gasteiger partial charge in [-0.3, -0.25) is 4.79 Å². The molecular weight excluding hydrogens is 326 g/mol. The van der Waals surface area contributed by atoms with Crippen LogP contribution in [0.5, 0.6) is 5.75 Å². The van der Waals surface area contributed by atoms with Crippen LogP contribution in [0.4, 0.5) is 5.69 Å². The van der Waals surface area contributed by atoms with Gasteiger partial charge in [0.1, 0.15) is 11.4 Å². The van der Waals surface area contributed by atoms with E-state index in [1.54, 1.807) is 0 Å². The van der Waals surface area contributed by atoms with Crippen molar-refractivity contribution in [1.29, 1.82) is 0 Å². The van der Waals surface area contributed by atoms with Crippen LogP contribution in [0.1, 0.15) is 53.4 Å². The molecule has 4 heteroatoms.